The molecule has 0 atom stereocenters. The second kappa shape index (κ2) is 19.4. The first-order valence-electron chi connectivity index (χ1n) is 13.3. The van der Waals surface area contributed by atoms with Crippen molar-refractivity contribution >= 4 is 77.1 Å². The summed E-state index contributed by atoms with van der Waals surface area (Å²) in [7, 11) is 0.607. The zero-order valence-electron chi connectivity index (χ0n) is 26.9. The van der Waals surface area contributed by atoms with Gasteiger partial charge in [-0.1, -0.05) is 43.5 Å². The van der Waals surface area contributed by atoms with Crippen LogP contribution in [0.1, 0.15) is 54.2 Å². The van der Waals surface area contributed by atoms with E-state index in [0.29, 0.717) is 43.1 Å². The third-order valence-corrected chi connectivity index (χ3v) is 6.92. The predicted octanol–water partition coefficient (Wildman–Crippen LogP) is 6.16. The first-order chi connectivity index (χ1) is 20.8. The summed E-state index contributed by atoms with van der Waals surface area (Å²) in [6.07, 6.45) is 1.50. The molecule has 236 valence electrons. The fraction of sp³-hybridized carbons (Fsp3) is 0.357. The van der Waals surface area contributed by atoms with Gasteiger partial charge in [-0.3, -0.25) is 4.39 Å². The van der Waals surface area contributed by atoms with Crippen molar-refractivity contribution < 1.29 is 55.4 Å². The number of rotatable bonds is 5. The normalized spacial score (nSPS) is 10.8. The molecule has 5 rings (SSSR count). The predicted molar refractivity (Wildman–Crippen MR) is 172 cm³/mol. The quantitative estimate of drug-likeness (QED) is 0.130. The van der Waals surface area contributed by atoms with Gasteiger partial charge >= 0.3 is 29.6 Å². The molecule has 0 aliphatic carbocycles. The van der Waals surface area contributed by atoms with Crippen molar-refractivity contribution in [1.29, 1.82) is 0 Å². The molecule has 0 aliphatic heterocycles. The van der Waals surface area contributed by atoms with Gasteiger partial charge in [-0.05, 0) is 69.6 Å². The van der Waals surface area contributed by atoms with Crippen LogP contribution in [0.5, 0.6) is 0 Å². The van der Waals surface area contributed by atoms with Crippen molar-refractivity contribution in [3.8, 4) is 0 Å². The average Bonchev–Trinajstić information content (AvgIpc) is 3.49. The SMILES string of the molecule is CC(C)n1c(CO)nc2c(F)cc(Br)cc21.COCc1nc2c(F)cc(Br)cc2n1C(C)C.Clc1ccnc(Cl)n1.[2H]CF.[H-].[Na+]. The van der Waals surface area contributed by atoms with Crippen molar-refractivity contribution in [2.24, 2.45) is 0 Å². The molecule has 8 nitrogen and oxygen atoms in total. The number of nitrogens with zero attached hydrogens (tertiary/aromatic N) is 6. The van der Waals surface area contributed by atoms with Gasteiger partial charge in [0.2, 0.25) is 5.28 Å². The maximum absolute atomic E-state index is 13.8. The number of halogens is 7. The van der Waals surface area contributed by atoms with E-state index in [9.17, 15) is 18.3 Å². The molecular weight excluding hydrogens is 763 g/mol. The minimum Gasteiger partial charge on any atom is -1.00 e. The molecular formula is C28H32Br2Cl2F3N6NaO2. The summed E-state index contributed by atoms with van der Waals surface area (Å²) in [5.41, 5.74) is 2.19. The molecule has 0 unspecified atom stereocenters. The number of hydrogen-bond donors (Lipinski definition) is 1. The Morgan fingerprint density at radius 2 is 1.39 bits per heavy atom. The Morgan fingerprint density at radius 1 is 0.932 bits per heavy atom. The first kappa shape index (κ1) is 38.9. The van der Waals surface area contributed by atoms with Gasteiger partial charge in [0.15, 0.2) is 11.6 Å². The summed E-state index contributed by atoms with van der Waals surface area (Å²) in [6.45, 7) is 8.21. The molecule has 44 heavy (non-hydrogen) atoms. The maximum Gasteiger partial charge on any atom is 1.00 e. The third-order valence-electron chi connectivity index (χ3n) is 5.61. The Morgan fingerprint density at radius 3 is 1.75 bits per heavy atom. The molecule has 0 aliphatic rings. The number of alkyl halides is 1. The summed E-state index contributed by atoms with van der Waals surface area (Å²) in [6, 6.07) is 8.39. The molecule has 3 heterocycles. The van der Waals surface area contributed by atoms with Gasteiger partial charge in [-0.2, -0.15) is 0 Å². The third kappa shape index (κ3) is 10.6. The number of aromatic nitrogens is 6. The molecule has 0 fully saturated rings. The van der Waals surface area contributed by atoms with Gasteiger partial charge in [0.05, 0.1) is 19.6 Å². The van der Waals surface area contributed by atoms with Crippen LogP contribution in [-0.4, -0.2) is 48.4 Å². The van der Waals surface area contributed by atoms with E-state index >= 15 is 0 Å². The number of methoxy groups -OCH3 is 1. The Kier molecular flexibility index (Phi) is 17.1. The minimum atomic E-state index is -1.00. The molecule has 5 aromatic rings. The van der Waals surface area contributed by atoms with Crippen molar-refractivity contribution in [2.45, 2.75) is 53.0 Å². The van der Waals surface area contributed by atoms with Crippen molar-refractivity contribution in [3.63, 3.8) is 0 Å². The van der Waals surface area contributed by atoms with Crippen LogP contribution < -0.4 is 29.6 Å². The van der Waals surface area contributed by atoms with Gasteiger partial charge in [0, 0.05) is 34.3 Å². The summed E-state index contributed by atoms with van der Waals surface area (Å²) >= 11 is 17.3. The van der Waals surface area contributed by atoms with E-state index in [2.05, 4.69) is 51.8 Å². The van der Waals surface area contributed by atoms with Crippen LogP contribution in [0.25, 0.3) is 22.1 Å². The molecule has 0 saturated heterocycles. The minimum absolute atomic E-state index is 0. The van der Waals surface area contributed by atoms with Gasteiger partial charge in [0.25, 0.3) is 0 Å². The molecule has 0 bridgehead atoms. The van der Waals surface area contributed by atoms with E-state index in [1.807, 2.05) is 49.0 Å². The topological polar surface area (TPSA) is 90.9 Å². The van der Waals surface area contributed by atoms with Crippen molar-refractivity contribution in [1.82, 2.24) is 29.1 Å². The zero-order valence-corrected chi connectivity index (χ0v) is 31.6. The molecule has 2 aromatic carbocycles. The van der Waals surface area contributed by atoms with Gasteiger partial charge in [0.1, 0.15) is 41.0 Å². The van der Waals surface area contributed by atoms with Gasteiger partial charge in [-0.15, -0.1) is 0 Å². The summed E-state index contributed by atoms with van der Waals surface area (Å²) in [5, 5.41) is 9.76. The van der Waals surface area contributed by atoms with E-state index in [1.165, 1.54) is 18.3 Å². The van der Waals surface area contributed by atoms with Crippen molar-refractivity contribution in [3.05, 3.63) is 79.2 Å². The van der Waals surface area contributed by atoms with E-state index in [1.54, 1.807) is 13.2 Å². The summed E-state index contributed by atoms with van der Waals surface area (Å²) in [4.78, 5) is 15.6. The number of ether oxygens (including phenoxy) is 1. The van der Waals surface area contributed by atoms with Crippen LogP contribution in [0.2, 0.25) is 10.4 Å². The fourth-order valence-electron chi connectivity index (χ4n) is 4.15. The summed E-state index contributed by atoms with van der Waals surface area (Å²) in [5.74, 6) is 0.543. The van der Waals surface area contributed by atoms with Crippen molar-refractivity contribution in [2.75, 3.05) is 14.3 Å². The largest absolute Gasteiger partial charge is 1.00 e. The molecule has 3 aromatic heterocycles. The molecule has 0 radical (unpaired) electrons. The number of benzene rings is 2. The smallest absolute Gasteiger partial charge is 1.00 e. The zero-order chi connectivity index (χ0) is 33.1. The number of imidazole rings is 2. The number of aliphatic hydroxyl groups excluding tert-OH is 1. The standard InChI is InChI=1S/C12H14BrFN2O.C11H12BrFN2O.C4H2Cl2N2.CH3F.Na.H/c1-7(2)16-10-5-8(13)4-9(14)12(10)15-11(16)6-17-3;1-6(2)15-9-4-7(12)3-8(13)11(9)14-10(15)5-16;5-3-1-2-7-4(6)8-3;1-2;;/h4-5,7H,6H2,1-3H3;3-4,6,16H,5H2,1-2H3;1-2H;1H3;;/q;;;;+1;-1/i;;;1D;;. The average molecular weight is 796 g/mol. The summed E-state index contributed by atoms with van der Waals surface area (Å²) < 4.78 is 53.3. The Hall–Kier alpha value is -1.29. The number of fused-ring (bicyclic) bond motifs is 2. The second-order valence-electron chi connectivity index (χ2n) is 9.23. The Balaban J connectivity index is 0.000000650. The van der Waals surface area contributed by atoms with Crippen LogP contribution in [0, 0.1) is 11.6 Å². The van der Waals surface area contributed by atoms with Crippen LogP contribution in [0.15, 0.2) is 45.5 Å². The molecule has 16 heteroatoms. The van der Waals surface area contributed by atoms with Crippen LogP contribution in [-0.2, 0) is 18.0 Å². The van der Waals surface area contributed by atoms with E-state index in [4.69, 9.17) is 29.3 Å². The van der Waals surface area contributed by atoms with E-state index < -0.39 is 7.15 Å². The molecule has 0 amide bonds. The number of hydrogen-bond acceptors (Lipinski definition) is 6. The first-order valence-corrected chi connectivity index (χ1v) is 14.9. The molecule has 0 saturated carbocycles. The van der Waals surface area contributed by atoms with E-state index in [-0.39, 0.29) is 66.6 Å². The Bertz CT molecular complexity index is 1670. The molecule has 1 N–H and O–H groups in total. The van der Waals surface area contributed by atoms with Gasteiger partial charge < -0.3 is 20.4 Å². The monoisotopic (exact) mass is 793 g/mol. The van der Waals surface area contributed by atoms with E-state index in [0.717, 1.165) is 11.3 Å². The molecule has 0 spiro atoms. The van der Waals surface area contributed by atoms with Crippen LogP contribution >= 0.6 is 55.1 Å². The number of aliphatic hydroxyl groups is 1. The second-order valence-corrected chi connectivity index (χ2v) is 11.8. The van der Waals surface area contributed by atoms with Gasteiger partial charge in [-0.25, -0.2) is 28.7 Å². The Labute approximate surface area is 305 Å². The maximum atomic E-state index is 13.8. The van der Waals surface area contributed by atoms with Crippen LogP contribution in [0.4, 0.5) is 13.2 Å². The fourth-order valence-corrected chi connectivity index (χ4v) is 5.31. The van der Waals surface area contributed by atoms with Crippen LogP contribution in [0.3, 0.4) is 0 Å².